The third-order valence-corrected chi connectivity index (χ3v) is 7.31. The monoisotopic (exact) mass is 497 g/mol. The Kier molecular flexibility index (Phi) is 6.84. The Morgan fingerprint density at radius 1 is 1.17 bits per heavy atom. The number of amides is 1. The molecule has 9 nitrogen and oxygen atoms in total. The van der Waals surface area contributed by atoms with Gasteiger partial charge in [-0.25, -0.2) is 22.8 Å². The Bertz CT molecular complexity index is 1300. The summed E-state index contributed by atoms with van der Waals surface area (Å²) in [6.45, 7) is 9.61. The average Bonchev–Trinajstić information content (AvgIpc) is 3.40. The average molecular weight is 498 g/mol. The molecule has 0 radical (unpaired) electrons. The minimum Gasteiger partial charge on any atom is -0.477 e. The van der Waals surface area contributed by atoms with Gasteiger partial charge in [0.1, 0.15) is 5.82 Å². The zero-order valence-electron chi connectivity index (χ0n) is 20.4. The van der Waals surface area contributed by atoms with Crippen molar-refractivity contribution < 1.29 is 17.9 Å². The smallest absolute Gasteiger partial charge is 0.268 e. The second kappa shape index (κ2) is 9.69. The number of nitrogens with zero attached hydrogens (tertiary/aromatic N) is 4. The molecule has 1 amide bonds. The van der Waals surface area contributed by atoms with Crippen LogP contribution >= 0.6 is 0 Å². The first-order valence-electron chi connectivity index (χ1n) is 11.7. The SMILES string of the molecule is CCCOc1ccn(-c2ccc(C(=O)NS(=O)(=O)c3ccccc3)c(N3C[C@@H](C)CC3(C)C)n2)n1. The predicted molar refractivity (Wildman–Crippen MR) is 133 cm³/mol. The summed E-state index contributed by atoms with van der Waals surface area (Å²) in [5.74, 6) is 1.07. The number of rotatable bonds is 8. The number of carbonyl (C=O) groups is 1. The van der Waals surface area contributed by atoms with E-state index in [1.54, 1.807) is 47.3 Å². The fourth-order valence-electron chi connectivity index (χ4n) is 4.46. The van der Waals surface area contributed by atoms with Gasteiger partial charge in [0.05, 0.1) is 17.1 Å². The zero-order valence-corrected chi connectivity index (χ0v) is 21.2. The normalized spacial score (nSPS) is 17.4. The summed E-state index contributed by atoms with van der Waals surface area (Å²) in [5.41, 5.74) is -0.0808. The molecule has 1 aliphatic rings. The number of pyridine rings is 1. The van der Waals surface area contributed by atoms with Gasteiger partial charge in [0, 0.05) is 24.3 Å². The third-order valence-electron chi connectivity index (χ3n) is 5.97. The van der Waals surface area contributed by atoms with Crippen LogP contribution in [0.25, 0.3) is 5.82 Å². The van der Waals surface area contributed by atoms with E-state index in [1.807, 2.05) is 6.92 Å². The van der Waals surface area contributed by atoms with Crippen LogP contribution in [0.4, 0.5) is 5.82 Å². The number of aromatic nitrogens is 3. The van der Waals surface area contributed by atoms with Crippen molar-refractivity contribution in [1.82, 2.24) is 19.5 Å². The molecule has 0 saturated carbocycles. The van der Waals surface area contributed by atoms with Gasteiger partial charge in [0.2, 0.25) is 5.88 Å². The van der Waals surface area contributed by atoms with Crippen molar-refractivity contribution in [1.29, 1.82) is 0 Å². The lowest BCUT2D eigenvalue weighted by Gasteiger charge is -2.34. The molecule has 2 aromatic heterocycles. The van der Waals surface area contributed by atoms with Crippen LogP contribution in [0, 0.1) is 5.92 Å². The molecule has 1 N–H and O–H groups in total. The van der Waals surface area contributed by atoms with Crippen LogP contribution in [0.3, 0.4) is 0 Å². The van der Waals surface area contributed by atoms with Gasteiger partial charge < -0.3 is 9.64 Å². The van der Waals surface area contributed by atoms with E-state index in [4.69, 9.17) is 9.72 Å². The number of sulfonamides is 1. The molecule has 35 heavy (non-hydrogen) atoms. The first-order chi connectivity index (χ1) is 16.6. The Labute approximate surface area is 206 Å². The molecule has 0 aliphatic carbocycles. The van der Waals surface area contributed by atoms with Gasteiger partial charge in [-0.15, -0.1) is 5.10 Å². The highest BCUT2D eigenvalue weighted by atomic mass is 32.2. The summed E-state index contributed by atoms with van der Waals surface area (Å²) < 4.78 is 35.0. The van der Waals surface area contributed by atoms with E-state index in [2.05, 4.69) is 35.5 Å². The van der Waals surface area contributed by atoms with E-state index < -0.39 is 15.9 Å². The first kappa shape index (κ1) is 24.7. The van der Waals surface area contributed by atoms with E-state index in [1.165, 1.54) is 12.1 Å². The summed E-state index contributed by atoms with van der Waals surface area (Å²) in [5, 5.41) is 4.43. The number of nitrogens with one attached hydrogen (secondary N) is 1. The number of hydrogen-bond donors (Lipinski definition) is 1. The summed E-state index contributed by atoms with van der Waals surface area (Å²) in [6.07, 6.45) is 3.53. The molecular weight excluding hydrogens is 466 g/mol. The van der Waals surface area contributed by atoms with E-state index in [9.17, 15) is 13.2 Å². The highest BCUT2D eigenvalue weighted by Crippen LogP contribution is 2.37. The fraction of sp³-hybridized carbons (Fsp3) is 0.400. The van der Waals surface area contributed by atoms with E-state index >= 15 is 0 Å². The molecule has 1 fully saturated rings. The maximum absolute atomic E-state index is 13.3. The summed E-state index contributed by atoms with van der Waals surface area (Å²) in [4.78, 5) is 20.2. The molecule has 1 aliphatic heterocycles. The molecule has 1 aromatic carbocycles. The summed E-state index contributed by atoms with van der Waals surface area (Å²) in [7, 11) is -4.04. The van der Waals surface area contributed by atoms with Crippen molar-refractivity contribution in [2.24, 2.45) is 5.92 Å². The van der Waals surface area contributed by atoms with Crippen molar-refractivity contribution in [2.75, 3.05) is 18.1 Å². The number of benzene rings is 1. The molecular formula is C25H31N5O4S. The van der Waals surface area contributed by atoms with Crippen molar-refractivity contribution in [3.8, 4) is 11.7 Å². The van der Waals surface area contributed by atoms with Crippen molar-refractivity contribution in [2.45, 2.75) is 51.0 Å². The maximum atomic E-state index is 13.3. The standard InChI is InChI=1S/C25H31N5O4S/c1-5-15-34-22-13-14-30(27-22)21-12-11-20(23(26-21)29-17-18(2)16-25(29,3)4)24(31)28-35(32,33)19-9-7-6-8-10-19/h6-14,18H,5,15-17H2,1-4H3,(H,28,31)/t18-/m0/s1. The number of hydrogen-bond acceptors (Lipinski definition) is 7. The van der Waals surface area contributed by atoms with Crippen molar-refractivity contribution in [3.05, 3.63) is 60.3 Å². The van der Waals surface area contributed by atoms with Gasteiger partial charge in [-0.2, -0.15) is 0 Å². The largest absolute Gasteiger partial charge is 0.477 e. The lowest BCUT2D eigenvalue weighted by atomic mass is 9.97. The summed E-state index contributed by atoms with van der Waals surface area (Å²) in [6, 6.07) is 12.8. The van der Waals surface area contributed by atoms with Crippen LogP contribution in [-0.4, -0.2) is 47.8 Å². The molecule has 186 valence electrons. The summed E-state index contributed by atoms with van der Waals surface area (Å²) >= 11 is 0. The minimum atomic E-state index is -4.04. The Morgan fingerprint density at radius 2 is 1.91 bits per heavy atom. The second-order valence-corrected chi connectivity index (χ2v) is 11.2. The topological polar surface area (TPSA) is 106 Å². The number of carbonyl (C=O) groups excluding carboxylic acids is 1. The van der Waals surface area contributed by atoms with Gasteiger partial charge in [-0.3, -0.25) is 4.79 Å². The molecule has 3 heterocycles. The van der Waals surface area contributed by atoms with Crippen LogP contribution < -0.4 is 14.4 Å². The molecule has 3 aromatic rings. The zero-order chi connectivity index (χ0) is 25.2. The second-order valence-electron chi connectivity index (χ2n) is 9.47. The van der Waals surface area contributed by atoms with E-state index in [0.29, 0.717) is 36.6 Å². The van der Waals surface area contributed by atoms with Gasteiger partial charge in [0.25, 0.3) is 15.9 Å². The predicted octanol–water partition coefficient (Wildman–Crippen LogP) is 3.80. The van der Waals surface area contributed by atoms with Crippen LogP contribution in [0.5, 0.6) is 5.88 Å². The quantitative estimate of drug-likeness (QED) is 0.504. The number of anilines is 1. The van der Waals surface area contributed by atoms with Crippen LogP contribution in [0.2, 0.25) is 0 Å². The van der Waals surface area contributed by atoms with E-state index in [-0.39, 0.29) is 16.0 Å². The Hall–Kier alpha value is -3.40. The fourth-order valence-corrected chi connectivity index (χ4v) is 5.45. The molecule has 0 unspecified atom stereocenters. The Balaban J connectivity index is 1.72. The molecule has 1 atom stereocenters. The van der Waals surface area contributed by atoms with Crippen LogP contribution in [0.1, 0.15) is 50.9 Å². The van der Waals surface area contributed by atoms with Crippen LogP contribution in [-0.2, 0) is 10.0 Å². The molecule has 4 rings (SSSR count). The van der Waals surface area contributed by atoms with E-state index in [0.717, 1.165) is 12.8 Å². The van der Waals surface area contributed by atoms with Gasteiger partial charge in [0.15, 0.2) is 5.82 Å². The molecule has 10 heteroatoms. The lowest BCUT2D eigenvalue weighted by Crippen LogP contribution is -2.41. The lowest BCUT2D eigenvalue weighted by molar-refractivity contribution is 0.0981. The third kappa shape index (κ3) is 5.32. The highest BCUT2D eigenvalue weighted by molar-refractivity contribution is 7.90. The van der Waals surface area contributed by atoms with Crippen molar-refractivity contribution in [3.63, 3.8) is 0 Å². The van der Waals surface area contributed by atoms with Gasteiger partial charge in [-0.05, 0) is 56.9 Å². The van der Waals surface area contributed by atoms with Crippen molar-refractivity contribution >= 4 is 21.7 Å². The number of ether oxygens (including phenoxy) is 1. The minimum absolute atomic E-state index is 0.0192. The molecule has 0 spiro atoms. The molecule has 1 saturated heterocycles. The highest BCUT2D eigenvalue weighted by Gasteiger charge is 2.39. The first-order valence-corrected chi connectivity index (χ1v) is 13.2. The Morgan fingerprint density at radius 3 is 2.57 bits per heavy atom. The van der Waals surface area contributed by atoms with Gasteiger partial charge >= 0.3 is 0 Å². The van der Waals surface area contributed by atoms with Gasteiger partial charge in [-0.1, -0.05) is 32.0 Å². The maximum Gasteiger partial charge on any atom is 0.268 e. The van der Waals surface area contributed by atoms with Crippen LogP contribution in [0.15, 0.2) is 59.6 Å². The molecule has 0 bridgehead atoms.